The second-order valence-electron chi connectivity index (χ2n) is 7.15. The van der Waals surface area contributed by atoms with Gasteiger partial charge in [0.1, 0.15) is 10.5 Å². The maximum Gasteiger partial charge on any atom is 0.244 e. The molecular formula is C21H21ClN2O4S. The summed E-state index contributed by atoms with van der Waals surface area (Å²) in [5.74, 6) is -0.0388. The molecule has 6 nitrogen and oxygen atoms in total. The number of benzene rings is 2. The predicted octanol–water partition coefficient (Wildman–Crippen LogP) is 3.47. The van der Waals surface area contributed by atoms with E-state index in [9.17, 15) is 13.2 Å². The lowest BCUT2D eigenvalue weighted by atomic mass is 10.1. The summed E-state index contributed by atoms with van der Waals surface area (Å²) in [6.07, 6.45) is 1.85. The summed E-state index contributed by atoms with van der Waals surface area (Å²) in [6.45, 7) is 3.16. The van der Waals surface area contributed by atoms with Crippen LogP contribution in [-0.4, -0.2) is 49.7 Å². The van der Waals surface area contributed by atoms with Gasteiger partial charge in [-0.1, -0.05) is 35.9 Å². The second-order valence-corrected chi connectivity index (χ2v) is 9.47. The maximum atomic E-state index is 12.8. The summed E-state index contributed by atoms with van der Waals surface area (Å²) in [7, 11) is -3.68. The smallest absolute Gasteiger partial charge is 0.244 e. The zero-order valence-electron chi connectivity index (χ0n) is 16.0. The highest BCUT2D eigenvalue weighted by atomic mass is 35.5. The molecule has 0 saturated carbocycles. The van der Waals surface area contributed by atoms with E-state index in [1.165, 1.54) is 10.4 Å². The van der Waals surface area contributed by atoms with Crippen LogP contribution in [0.1, 0.15) is 11.1 Å². The van der Waals surface area contributed by atoms with E-state index in [2.05, 4.69) is 0 Å². The number of sulfonamides is 1. The average molecular weight is 433 g/mol. The highest BCUT2D eigenvalue weighted by molar-refractivity contribution is 7.89. The van der Waals surface area contributed by atoms with Crippen molar-refractivity contribution in [1.29, 1.82) is 0 Å². The molecule has 0 unspecified atom stereocenters. The number of hydrogen-bond donors (Lipinski definition) is 0. The molecule has 8 heteroatoms. The summed E-state index contributed by atoms with van der Waals surface area (Å²) in [5.41, 5.74) is 2.71. The van der Waals surface area contributed by atoms with Gasteiger partial charge in [0.15, 0.2) is 0 Å². The SMILES string of the molecule is Cc1ccc2c(CC(=O)N3CCN(S(=O)(=O)c4ccccc4Cl)CC3)coc2c1. The van der Waals surface area contributed by atoms with Crippen LogP contribution >= 0.6 is 11.6 Å². The topological polar surface area (TPSA) is 70.8 Å². The molecule has 1 aliphatic rings. The van der Waals surface area contributed by atoms with Gasteiger partial charge in [0, 0.05) is 37.1 Å². The molecule has 0 radical (unpaired) electrons. The van der Waals surface area contributed by atoms with E-state index in [1.54, 1.807) is 29.4 Å². The molecule has 152 valence electrons. The predicted molar refractivity (Wildman–Crippen MR) is 111 cm³/mol. The van der Waals surface area contributed by atoms with Crippen LogP contribution in [0, 0.1) is 6.92 Å². The number of rotatable bonds is 4. The van der Waals surface area contributed by atoms with Gasteiger partial charge in [0.2, 0.25) is 15.9 Å². The van der Waals surface area contributed by atoms with E-state index >= 15 is 0 Å². The van der Waals surface area contributed by atoms with Crippen molar-refractivity contribution in [3.8, 4) is 0 Å². The van der Waals surface area contributed by atoms with Gasteiger partial charge in [-0.3, -0.25) is 4.79 Å². The molecule has 0 aliphatic carbocycles. The molecule has 29 heavy (non-hydrogen) atoms. The molecule has 2 aromatic carbocycles. The third kappa shape index (κ3) is 3.90. The fourth-order valence-corrected chi connectivity index (χ4v) is 5.49. The van der Waals surface area contributed by atoms with Crippen LogP contribution in [0.4, 0.5) is 0 Å². The monoisotopic (exact) mass is 432 g/mol. The molecule has 1 amide bonds. The van der Waals surface area contributed by atoms with E-state index < -0.39 is 10.0 Å². The van der Waals surface area contributed by atoms with Crippen molar-refractivity contribution < 1.29 is 17.6 Å². The summed E-state index contributed by atoms with van der Waals surface area (Å²) in [5, 5.41) is 1.14. The Labute approximate surface area is 174 Å². The Morgan fingerprint density at radius 3 is 2.55 bits per heavy atom. The minimum atomic E-state index is -3.68. The lowest BCUT2D eigenvalue weighted by Crippen LogP contribution is -2.50. The standard InChI is InChI=1S/C21H21ClN2O4S/c1-15-6-7-17-16(14-28-19(17)12-15)13-21(25)23-8-10-24(11-9-23)29(26,27)20-5-3-2-4-18(20)22/h2-7,12,14H,8-11,13H2,1H3. The minimum absolute atomic E-state index is 0.0388. The number of piperazine rings is 1. The van der Waals surface area contributed by atoms with Crippen molar-refractivity contribution in [3.05, 3.63) is 64.9 Å². The van der Waals surface area contributed by atoms with Gasteiger partial charge in [-0.05, 0) is 30.7 Å². The third-order valence-corrected chi connectivity index (χ3v) is 7.60. The van der Waals surface area contributed by atoms with Gasteiger partial charge in [0.05, 0.1) is 17.7 Å². The van der Waals surface area contributed by atoms with Crippen LogP contribution in [-0.2, 0) is 21.2 Å². The zero-order chi connectivity index (χ0) is 20.6. The molecule has 0 atom stereocenters. The lowest BCUT2D eigenvalue weighted by molar-refractivity contribution is -0.131. The fourth-order valence-electron chi connectivity index (χ4n) is 3.57. The number of hydrogen-bond acceptors (Lipinski definition) is 4. The van der Waals surface area contributed by atoms with Crippen LogP contribution in [0.3, 0.4) is 0 Å². The molecule has 3 aromatic rings. The number of fused-ring (bicyclic) bond motifs is 1. The first-order valence-electron chi connectivity index (χ1n) is 9.35. The number of halogens is 1. The minimum Gasteiger partial charge on any atom is -0.464 e. The normalized spacial score (nSPS) is 15.7. The van der Waals surface area contributed by atoms with Crippen LogP contribution in [0.5, 0.6) is 0 Å². The Kier molecular flexibility index (Phi) is 5.38. The molecule has 1 fully saturated rings. The van der Waals surface area contributed by atoms with Crippen LogP contribution < -0.4 is 0 Å². The van der Waals surface area contributed by atoms with E-state index in [-0.39, 0.29) is 35.3 Å². The van der Waals surface area contributed by atoms with Gasteiger partial charge in [-0.25, -0.2) is 8.42 Å². The van der Waals surface area contributed by atoms with Crippen molar-refractivity contribution in [1.82, 2.24) is 9.21 Å². The number of carbonyl (C=O) groups excluding carboxylic acids is 1. The molecule has 4 rings (SSSR count). The summed E-state index contributed by atoms with van der Waals surface area (Å²) in [6, 6.07) is 12.3. The van der Waals surface area contributed by atoms with Gasteiger partial charge in [-0.15, -0.1) is 0 Å². The van der Waals surface area contributed by atoms with E-state index in [4.69, 9.17) is 16.0 Å². The number of aryl methyl sites for hydroxylation is 1. The molecule has 1 aliphatic heterocycles. The number of amides is 1. The lowest BCUT2D eigenvalue weighted by Gasteiger charge is -2.34. The largest absolute Gasteiger partial charge is 0.464 e. The summed E-state index contributed by atoms with van der Waals surface area (Å²) < 4.78 is 32.6. The Hall–Kier alpha value is -2.35. The number of furan rings is 1. The van der Waals surface area contributed by atoms with E-state index in [0.29, 0.717) is 13.1 Å². The highest BCUT2D eigenvalue weighted by Gasteiger charge is 2.31. The van der Waals surface area contributed by atoms with Crippen molar-refractivity contribution in [2.45, 2.75) is 18.2 Å². The zero-order valence-corrected chi connectivity index (χ0v) is 17.5. The summed E-state index contributed by atoms with van der Waals surface area (Å²) >= 11 is 6.06. The Bertz CT molecular complexity index is 1160. The first-order valence-corrected chi connectivity index (χ1v) is 11.2. The maximum absolute atomic E-state index is 12.8. The average Bonchev–Trinajstić information content (AvgIpc) is 3.10. The Balaban J connectivity index is 1.43. The molecule has 0 bridgehead atoms. The van der Waals surface area contributed by atoms with Crippen molar-refractivity contribution in [3.63, 3.8) is 0 Å². The van der Waals surface area contributed by atoms with E-state index in [0.717, 1.165) is 22.1 Å². The molecule has 0 spiro atoms. The van der Waals surface area contributed by atoms with Gasteiger partial charge in [0.25, 0.3) is 0 Å². The molecule has 1 aromatic heterocycles. The third-order valence-electron chi connectivity index (χ3n) is 5.20. The molecule has 1 saturated heterocycles. The second kappa shape index (κ2) is 7.82. The Morgan fingerprint density at radius 2 is 1.83 bits per heavy atom. The first kappa shape index (κ1) is 19.9. The first-order chi connectivity index (χ1) is 13.9. The molecule has 2 heterocycles. The van der Waals surface area contributed by atoms with Crippen LogP contribution in [0.15, 0.2) is 58.0 Å². The summed E-state index contributed by atoms with van der Waals surface area (Å²) in [4.78, 5) is 14.6. The Morgan fingerprint density at radius 1 is 1.10 bits per heavy atom. The molecule has 0 N–H and O–H groups in total. The number of carbonyl (C=O) groups is 1. The van der Waals surface area contributed by atoms with Crippen molar-refractivity contribution >= 4 is 38.5 Å². The fraction of sp³-hybridized carbons (Fsp3) is 0.286. The molecular weight excluding hydrogens is 412 g/mol. The quantitative estimate of drug-likeness (QED) is 0.633. The van der Waals surface area contributed by atoms with Crippen LogP contribution in [0.25, 0.3) is 11.0 Å². The highest BCUT2D eigenvalue weighted by Crippen LogP contribution is 2.26. The van der Waals surface area contributed by atoms with Crippen LogP contribution in [0.2, 0.25) is 5.02 Å². The van der Waals surface area contributed by atoms with E-state index in [1.807, 2.05) is 25.1 Å². The van der Waals surface area contributed by atoms with Gasteiger partial charge in [-0.2, -0.15) is 4.31 Å². The van der Waals surface area contributed by atoms with Gasteiger partial charge >= 0.3 is 0 Å². The van der Waals surface area contributed by atoms with Crippen molar-refractivity contribution in [2.24, 2.45) is 0 Å². The van der Waals surface area contributed by atoms with Gasteiger partial charge < -0.3 is 9.32 Å². The van der Waals surface area contributed by atoms with Crippen molar-refractivity contribution in [2.75, 3.05) is 26.2 Å². The number of nitrogens with zero attached hydrogens (tertiary/aromatic N) is 2.